The molecular weight excluding hydrogens is 238 g/mol. The van der Waals surface area contributed by atoms with Crippen LogP contribution in [-0.4, -0.2) is 4.84 Å². The highest BCUT2D eigenvalue weighted by Crippen LogP contribution is 2.22. The highest BCUT2D eigenvalue weighted by molar-refractivity contribution is 6.45. The molecule has 0 atom stereocenters. The summed E-state index contributed by atoms with van der Waals surface area (Å²) in [5.41, 5.74) is 0.822. The Morgan fingerprint density at radius 2 is 1.50 bits per heavy atom. The summed E-state index contributed by atoms with van der Waals surface area (Å²) in [6.45, 7) is 0. The third-order valence-corrected chi connectivity index (χ3v) is 1.89. The van der Waals surface area contributed by atoms with E-state index in [9.17, 15) is 0 Å². The molecule has 1 radical (unpaired) electrons. The molecule has 0 fully saturated rings. The molecule has 0 saturated heterocycles. The van der Waals surface area contributed by atoms with Crippen molar-refractivity contribution >= 4 is 46.4 Å². The average molecular weight is 243 g/mol. The lowest BCUT2D eigenvalue weighted by atomic mass is 10.2. The zero-order valence-corrected chi connectivity index (χ0v) is 8.92. The predicted octanol–water partition coefficient (Wildman–Crippen LogP) is 4.35. The van der Waals surface area contributed by atoms with Crippen LogP contribution in [-0.2, 0) is 0 Å². The zero-order valence-electron chi connectivity index (χ0n) is 5.90. The molecule has 0 aliphatic rings. The molecule has 0 amide bonds. The zero-order chi connectivity index (χ0) is 9.14. The molecule has 1 aromatic rings. The second-order valence-electron chi connectivity index (χ2n) is 2.20. The Morgan fingerprint density at radius 1 is 1.00 bits per heavy atom. The highest BCUT2D eigenvalue weighted by Gasteiger charge is 2.03. The summed E-state index contributed by atoms with van der Waals surface area (Å²) in [4.78, 5) is -0.542. The summed E-state index contributed by atoms with van der Waals surface area (Å²) in [7, 11) is 0. The van der Waals surface area contributed by atoms with Crippen LogP contribution in [0.5, 0.6) is 0 Å². The van der Waals surface area contributed by atoms with Crippen molar-refractivity contribution in [3.8, 4) is 0 Å². The molecular formula is C8H5Cl4. The van der Waals surface area contributed by atoms with Crippen molar-refractivity contribution in [1.82, 2.24) is 0 Å². The molecule has 0 aliphatic heterocycles. The minimum absolute atomic E-state index is 0.542. The predicted molar refractivity (Wildman–Crippen MR) is 55.4 cm³/mol. The number of rotatable bonds is 2. The van der Waals surface area contributed by atoms with Gasteiger partial charge in [0.25, 0.3) is 0 Å². The molecule has 0 aromatic heterocycles. The second-order valence-corrected chi connectivity index (χ2v) is 4.24. The quantitative estimate of drug-likeness (QED) is 0.677. The van der Waals surface area contributed by atoms with Gasteiger partial charge < -0.3 is 0 Å². The van der Waals surface area contributed by atoms with Crippen molar-refractivity contribution in [2.45, 2.75) is 4.84 Å². The van der Waals surface area contributed by atoms with E-state index in [-0.39, 0.29) is 0 Å². The Bertz CT molecular complexity index is 250. The first kappa shape index (κ1) is 10.5. The highest BCUT2D eigenvalue weighted by atomic mass is 35.5. The number of hydrogen-bond donors (Lipinski definition) is 0. The SMILES string of the molecule is Clc1cc(Cl)cc([CH]C(Cl)Cl)c1. The van der Waals surface area contributed by atoms with Gasteiger partial charge in [-0.25, -0.2) is 0 Å². The van der Waals surface area contributed by atoms with E-state index in [2.05, 4.69) is 0 Å². The number of alkyl halides is 2. The lowest BCUT2D eigenvalue weighted by molar-refractivity contribution is 1.36. The fraction of sp³-hybridized carbons (Fsp3) is 0.125. The summed E-state index contributed by atoms with van der Waals surface area (Å²) in [6, 6.07) is 5.13. The molecule has 4 heteroatoms. The maximum atomic E-state index is 5.74. The molecule has 0 spiro atoms. The summed E-state index contributed by atoms with van der Waals surface area (Å²) >= 11 is 22.6. The molecule has 0 bridgehead atoms. The van der Waals surface area contributed by atoms with Gasteiger partial charge in [-0.2, -0.15) is 0 Å². The topological polar surface area (TPSA) is 0 Å². The number of benzene rings is 1. The molecule has 0 unspecified atom stereocenters. The maximum Gasteiger partial charge on any atom is 0.115 e. The van der Waals surface area contributed by atoms with Gasteiger partial charge in [0.1, 0.15) is 4.84 Å². The van der Waals surface area contributed by atoms with Crippen molar-refractivity contribution in [1.29, 1.82) is 0 Å². The maximum absolute atomic E-state index is 5.74. The molecule has 0 heterocycles. The monoisotopic (exact) mass is 241 g/mol. The van der Waals surface area contributed by atoms with Gasteiger partial charge in [0, 0.05) is 16.5 Å². The van der Waals surface area contributed by atoms with Gasteiger partial charge in [-0.1, -0.05) is 23.2 Å². The number of halogens is 4. The second kappa shape index (κ2) is 4.57. The fourth-order valence-electron chi connectivity index (χ4n) is 0.817. The van der Waals surface area contributed by atoms with E-state index in [1.807, 2.05) is 0 Å². The Labute approximate surface area is 91.4 Å². The van der Waals surface area contributed by atoms with Gasteiger partial charge >= 0.3 is 0 Å². The summed E-state index contributed by atoms with van der Waals surface area (Å²) in [6.07, 6.45) is 1.65. The molecule has 0 saturated carbocycles. The van der Waals surface area contributed by atoms with Crippen LogP contribution < -0.4 is 0 Å². The fourth-order valence-corrected chi connectivity index (χ4v) is 1.65. The first-order valence-electron chi connectivity index (χ1n) is 3.17. The van der Waals surface area contributed by atoms with E-state index in [0.717, 1.165) is 5.56 Å². The van der Waals surface area contributed by atoms with E-state index >= 15 is 0 Å². The molecule has 0 aliphatic carbocycles. The van der Waals surface area contributed by atoms with Crippen LogP contribution in [0.2, 0.25) is 10.0 Å². The standard InChI is InChI=1S/C8H5Cl4/c9-6-1-5(3-8(11)12)2-7(10)4-6/h1-4,8H. The van der Waals surface area contributed by atoms with E-state index in [0.29, 0.717) is 10.0 Å². The summed E-state index contributed by atoms with van der Waals surface area (Å²) in [5, 5.41) is 1.14. The van der Waals surface area contributed by atoms with E-state index < -0.39 is 4.84 Å². The van der Waals surface area contributed by atoms with Crippen LogP contribution in [0.25, 0.3) is 0 Å². The molecule has 65 valence electrons. The minimum Gasteiger partial charge on any atom is -0.105 e. The largest absolute Gasteiger partial charge is 0.115 e. The lowest BCUT2D eigenvalue weighted by Crippen LogP contribution is -1.90. The third kappa shape index (κ3) is 3.40. The van der Waals surface area contributed by atoms with E-state index in [1.165, 1.54) is 0 Å². The van der Waals surface area contributed by atoms with Gasteiger partial charge in [-0.05, 0) is 23.8 Å². The van der Waals surface area contributed by atoms with Crippen molar-refractivity contribution in [3.05, 3.63) is 40.2 Å². The van der Waals surface area contributed by atoms with Gasteiger partial charge in [0.2, 0.25) is 0 Å². The minimum atomic E-state index is -0.542. The molecule has 0 nitrogen and oxygen atoms in total. The van der Waals surface area contributed by atoms with Crippen molar-refractivity contribution < 1.29 is 0 Å². The van der Waals surface area contributed by atoms with Crippen LogP contribution >= 0.6 is 46.4 Å². The van der Waals surface area contributed by atoms with E-state index in [4.69, 9.17) is 46.4 Å². The van der Waals surface area contributed by atoms with Crippen molar-refractivity contribution in [2.24, 2.45) is 0 Å². The molecule has 1 rings (SSSR count). The van der Waals surface area contributed by atoms with Crippen LogP contribution in [0.1, 0.15) is 5.56 Å². The lowest BCUT2D eigenvalue weighted by Gasteiger charge is -2.02. The van der Waals surface area contributed by atoms with Gasteiger partial charge in [-0.15, -0.1) is 23.2 Å². The van der Waals surface area contributed by atoms with Crippen LogP contribution in [0.3, 0.4) is 0 Å². The normalized spacial score (nSPS) is 10.8. The molecule has 0 N–H and O–H groups in total. The van der Waals surface area contributed by atoms with Crippen LogP contribution in [0.4, 0.5) is 0 Å². The molecule has 1 aromatic carbocycles. The van der Waals surface area contributed by atoms with E-state index in [1.54, 1.807) is 24.6 Å². The van der Waals surface area contributed by atoms with Crippen molar-refractivity contribution in [2.75, 3.05) is 0 Å². The van der Waals surface area contributed by atoms with Gasteiger partial charge in [-0.3, -0.25) is 0 Å². The van der Waals surface area contributed by atoms with Crippen molar-refractivity contribution in [3.63, 3.8) is 0 Å². The third-order valence-electron chi connectivity index (χ3n) is 1.20. The molecule has 12 heavy (non-hydrogen) atoms. The summed E-state index contributed by atoms with van der Waals surface area (Å²) < 4.78 is 0. The van der Waals surface area contributed by atoms with Gasteiger partial charge in [0.05, 0.1) is 0 Å². The smallest absolute Gasteiger partial charge is 0.105 e. The van der Waals surface area contributed by atoms with Crippen LogP contribution in [0, 0.1) is 6.42 Å². The average Bonchev–Trinajstić information content (AvgIpc) is 1.81. The number of hydrogen-bond acceptors (Lipinski definition) is 0. The Hall–Kier alpha value is 0.380. The van der Waals surface area contributed by atoms with Gasteiger partial charge in [0.15, 0.2) is 0 Å². The Kier molecular flexibility index (Phi) is 3.98. The first-order chi connectivity index (χ1) is 5.58. The first-order valence-corrected chi connectivity index (χ1v) is 4.80. The Morgan fingerprint density at radius 3 is 1.92 bits per heavy atom. The Balaban J connectivity index is 2.85. The van der Waals surface area contributed by atoms with Crippen LogP contribution in [0.15, 0.2) is 18.2 Å². The summed E-state index contributed by atoms with van der Waals surface area (Å²) in [5.74, 6) is 0.